The van der Waals surface area contributed by atoms with E-state index in [1.54, 1.807) is 11.8 Å². The van der Waals surface area contributed by atoms with Crippen LogP contribution in [0.2, 0.25) is 5.02 Å². The molecule has 1 aliphatic rings. The third-order valence-corrected chi connectivity index (χ3v) is 4.46. The molecule has 2 nitrogen and oxygen atoms in total. The molecule has 98 valence electrons. The minimum absolute atomic E-state index is 0.440. The maximum Gasteiger partial charge on any atom is 0.161 e. The summed E-state index contributed by atoms with van der Waals surface area (Å²) in [6.45, 7) is 6.46. The molecule has 1 heterocycles. The highest BCUT2D eigenvalue weighted by Crippen LogP contribution is 2.25. The molecule has 0 amide bonds. The van der Waals surface area contributed by atoms with Crippen LogP contribution in [-0.4, -0.2) is 17.0 Å². The van der Waals surface area contributed by atoms with Gasteiger partial charge in [0.2, 0.25) is 0 Å². The molecule has 0 spiro atoms. The molecule has 0 fully saturated rings. The number of benzene rings is 1. The first-order valence-electron chi connectivity index (χ1n) is 6.30. The topological polar surface area (TPSA) is 24.4 Å². The zero-order valence-electron chi connectivity index (χ0n) is 11.0. The number of thioether (sulfide) groups is 1. The van der Waals surface area contributed by atoms with Gasteiger partial charge in [-0.25, -0.2) is 0 Å². The van der Waals surface area contributed by atoms with E-state index in [2.05, 4.69) is 19.2 Å². The van der Waals surface area contributed by atoms with Crippen molar-refractivity contribution >= 4 is 34.2 Å². The van der Waals surface area contributed by atoms with Gasteiger partial charge in [0, 0.05) is 16.5 Å². The average molecular weight is 283 g/mol. The van der Waals surface area contributed by atoms with Crippen LogP contribution in [0.4, 0.5) is 5.69 Å². The molecule has 1 N–H and O–H groups in total. The van der Waals surface area contributed by atoms with E-state index in [1.165, 1.54) is 6.42 Å². The SMILES string of the molecule is Cc1ccc(NC2=NC(C(C)C)CCS2)cc1Cl. The van der Waals surface area contributed by atoms with Crippen molar-refractivity contribution in [2.45, 2.75) is 33.2 Å². The molecule has 4 heteroatoms. The fraction of sp³-hybridized carbons (Fsp3) is 0.500. The molecule has 0 aromatic heterocycles. The van der Waals surface area contributed by atoms with Crippen LogP contribution in [0.5, 0.6) is 0 Å². The summed E-state index contributed by atoms with van der Waals surface area (Å²) in [5, 5.41) is 5.17. The van der Waals surface area contributed by atoms with Crippen LogP contribution in [0.25, 0.3) is 0 Å². The summed E-state index contributed by atoms with van der Waals surface area (Å²) in [6, 6.07) is 6.47. The van der Waals surface area contributed by atoms with E-state index in [9.17, 15) is 0 Å². The van der Waals surface area contributed by atoms with Crippen molar-refractivity contribution in [1.82, 2.24) is 0 Å². The van der Waals surface area contributed by atoms with Gasteiger partial charge in [0.05, 0.1) is 6.04 Å². The van der Waals surface area contributed by atoms with Gasteiger partial charge in [-0.05, 0) is 37.0 Å². The van der Waals surface area contributed by atoms with Crippen LogP contribution < -0.4 is 5.32 Å². The molecule has 1 aliphatic heterocycles. The lowest BCUT2D eigenvalue weighted by molar-refractivity contribution is 0.485. The maximum atomic E-state index is 6.12. The van der Waals surface area contributed by atoms with E-state index >= 15 is 0 Å². The van der Waals surface area contributed by atoms with Crippen LogP contribution in [0.1, 0.15) is 25.8 Å². The summed E-state index contributed by atoms with van der Waals surface area (Å²) in [4.78, 5) is 4.75. The number of aliphatic imine (C=N–C) groups is 1. The lowest BCUT2D eigenvalue weighted by Gasteiger charge is -2.23. The lowest BCUT2D eigenvalue weighted by atomic mass is 10.0. The Morgan fingerprint density at radius 1 is 1.44 bits per heavy atom. The molecule has 1 atom stereocenters. The van der Waals surface area contributed by atoms with E-state index in [-0.39, 0.29) is 0 Å². The van der Waals surface area contributed by atoms with E-state index in [0.29, 0.717) is 12.0 Å². The minimum Gasteiger partial charge on any atom is -0.335 e. The van der Waals surface area contributed by atoms with Gasteiger partial charge in [-0.2, -0.15) is 0 Å². The van der Waals surface area contributed by atoms with Crippen molar-refractivity contribution < 1.29 is 0 Å². The molecular formula is C14H19ClN2S. The highest BCUT2D eigenvalue weighted by molar-refractivity contribution is 8.14. The predicted molar refractivity (Wildman–Crippen MR) is 82.9 cm³/mol. The molecule has 1 aromatic carbocycles. The number of rotatable bonds is 2. The summed E-state index contributed by atoms with van der Waals surface area (Å²) in [7, 11) is 0. The Morgan fingerprint density at radius 2 is 2.22 bits per heavy atom. The number of nitrogens with zero attached hydrogens (tertiary/aromatic N) is 1. The van der Waals surface area contributed by atoms with Crippen molar-refractivity contribution in [2.24, 2.45) is 10.9 Å². The number of halogens is 1. The van der Waals surface area contributed by atoms with Crippen LogP contribution in [0.15, 0.2) is 23.2 Å². The minimum atomic E-state index is 0.440. The average Bonchev–Trinajstić information content (AvgIpc) is 2.34. The molecule has 2 rings (SSSR count). The van der Waals surface area contributed by atoms with Crippen LogP contribution in [0.3, 0.4) is 0 Å². The van der Waals surface area contributed by atoms with Crippen molar-refractivity contribution in [2.75, 3.05) is 11.1 Å². The standard InChI is InChI=1S/C14H19ClN2S/c1-9(2)13-6-7-18-14(17-13)16-11-5-4-10(3)12(15)8-11/h4-5,8-9,13H,6-7H2,1-3H3,(H,16,17). The third kappa shape index (κ3) is 3.42. The zero-order valence-corrected chi connectivity index (χ0v) is 12.6. The third-order valence-electron chi connectivity index (χ3n) is 3.13. The Bertz CT molecular complexity index is 457. The zero-order chi connectivity index (χ0) is 13.1. The highest BCUT2D eigenvalue weighted by atomic mass is 35.5. The first kappa shape index (κ1) is 13.8. The number of anilines is 1. The first-order chi connectivity index (χ1) is 8.56. The predicted octanol–water partition coefficient (Wildman–Crippen LogP) is 4.58. The summed E-state index contributed by atoms with van der Waals surface area (Å²) in [5.41, 5.74) is 2.11. The van der Waals surface area contributed by atoms with Gasteiger partial charge in [-0.3, -0.25) is 4.99 Å². The second-order valence-electron chi connectivity index (χ2n) is 4.97. The molecule has 0 saturated carbocycles. The largest absolute Gasteiger partial charge is 0.335 e. The second-order valence-corrected chi connectivity index (χ2v) is 6.46. The molecule has 1 aromatic rings. The van der Waals surface area contributed by atoms with Gasteiger partial charge >= 0.3 is 0 Å². The Kier molecular flexibility index (Phi) is 4.57. The van der Waals surface area contributed by atoms with Gasteiger partial charge in [0.1, 0.15) is 0 Å². The Balaban J connectivity index is 2.10. The second kappa shape index (κ2) is 5.98. The van der Waals surface area contributed by atoms with E-state index in [1.807, 2.05) is 25.1 Å². The first-order valence-corrected chi connectivity index (χ1v) is 7.66. The monoisotopic (exact) mass is 282 g/mol. The summed E-state index contributed by atoms with van der Waals surface area (Å²) in [6.07, 6.45) is 1.17. The highest BCUT2D eigenvalue weighted by Gasteiger charge is 2.18. The van der Waals surface area contributed by atoms with Crippen molar-refractivity contribution in [1.29, 1.82) is 0 Å². The van der Waals surface area contributed by atoms with E-state index in [0.717, 1.165) is 27.2 Å². The van der Waals surface area contributed by atoms with E-state index in [4.69, 9.17) is 16.6 Å². The van der Waals surface area contributed by atoms with E-state index < -0.39 is 0 Å². The van der Waals surface area contributed by atoms with Gasteiger partial charge in [-0.1, -0.05) is 43.3 Å². The van der Waals surface area contributed by atoms with Crippen molar-refractivity contribution in [3.63, 3.8) is 0 Å². The molecule has 0 saturated heterocycles. The van der Waals surface area contributed by atoms with Crippen molar-refractivity contribution in [3.8, 4) is 0 Å². The van der Waals surface area contributed by atoms with Crippen molar-refractivity contribution in [3.05, 3.63) is 28.8 Å². The fourth-order valence-corrected chi connectivity index (χ4v) is 3.01. The number of nitrogens with one attached hydrogen (secondary N) is 1. The Morgan fingerprint density at radius 3 is 2.89 bits per heavy atom. The lowest BCUT2D eigenvalue weighted by Crippen LogP contribution is -2.23. The van der Waals surface area contributed by atoms with Crippen LogP contribution >= 0.6 is 23.4 Å². The molecule has 0 radical (unpaired) electrons. The molecule has 0 aliphatic carbocycles. The molecule has 1 unspecified atom stereocenters. The molecule has 0 bridgehead atoms. The van der Waals surface area contributed by atoms with Gasteiger partial charge in [-0.15, -0.1) is 0 Å². The van der Waals surface area contributed by atoms with Gasteiger partial charge in [0.25, 0.3) is 0 Å². The molecular weight excluding hydrogens is 264 g/mol. The number of aryl methyl sites for hydroxylation is 1. The fourth-order valence-electron chi connectivity index (χ4n) is 1.87. The van der Waals surface area contributed by atoms with Crippen LogP contribution in [0, 0.1) is 12.8 Å². The number of amidine groups is 1. The Labute approximate surface area is 118 Å². The smallest absolute Gasteiger partial charge is 0.161 e. The summed E-state index contributed by atoms with van der Waals surface area (Å²) < 4.78 is 0. The molecule has 18 heavy (non-hydrogen) atoms. The summed E-state index contributed by atoms with van der Waals surface area (Å²) >= 11 is 7.91. The van der Waals surface area contributed by atoms with Gasteiger partial charge in [0.15, 0.2) is 5.17 Å². The quantitative estimate of drug-likeness (QED) is 0.859. The maximum absolute atomic E-state index is 6.12. The normalized spacial score (nSPS) is 19.8. The Hall–Kier alpha value is -0.670. The number of hydrogen-bond donors (Lipinski definition) is 1. The number of hydrogen-bond acceptors (Lipinski definition) is 3. The summed E-state index contributed by atoms with van der Waals surface area (Å²) in [5.74, 6) is 1.73. The van der Waals surface area contributed by atoms with Gasteiger partial charge < -0.3 is 5.32 Å². The van der Waals surface area contributed by atoms with Crippen LogP contribution in [-0.2, 0) is 0 Å².